The van der Waals surface area contributed by atoms with Crippen LogP contribution in [0.25, 0.3) is 21.5 Å². The van der Waals surface area contributed by atoms with Gasteiger partial charge in [0.2, 0.25) is 0 Å². The van der Waals surface area contributed by atoms with Crippen LogP contribution in [0.1, 0.15) is 87.4 Å². The lowest BCUT2D eigenvalue weighted by molar-refractivity contribution is 0.0582. The van der Waals surface area contributed by atoms with Crippen LogP contribution in [-0.2, 0) is 0 Å². The van der Waals surface area contributed by atoms with Gasteiger partial charge in [-0.15, -0.1) is 0 Å². The minimum absolute atomic E-state index is 0.221. The summed E-state index contributed by atoms with van der Waals surface area (Å²) in [6.45, 7) is 9.73. The third-order valence-corrected chi connectivity index (χ3v) is 9.60. The molecule has 0 N–H and O–H groups in total. The van der Waals surface area contributed by atoms with E-state index in [-0.39, 0.29) is 23.6 Å². The van der Waals surface area contributed by atoms with Crippen molar-refractivity contribution in [3.05, 3.63) is 95.1 Å². The van der Waals surface area contributed by atoms with E-state index in [1.54, 1.807) is 0 Å². The number of unbranched alkanes of at least 4 members (excludes halogenated alkanes) is 2. The van der Waals surface area contributed by atoms with Gasteiger partial charge in [0.1, 0.15) is 0 Å². The second-order valence-electron chi connectivity index (χ2n) is 12.7. The molecule has 4 aromatic rings. The van der Waals surface area contributed by atoms with Gasteiger partial charge in [-0.25, -0.2) is 0 Å². The van der Waals surface area contributed by atoms with E-state index in [9.17, 15) is 19.2 Å². The van der Waals surface area contributed by atoms with Gasteiger partial charge in [0, 0.05) is 59.2 Å². The number of hydrogen-bond acceptors (Lipinski definition) is 6. The molecule has 4 amide bonds. The Balaban J connectivity index is 1.07. The van der Waals surface area contributed by atoms with E-state index >= 15 is 0 Å². The van der Waals surface area contributed by atoms with Gasteiger partial charge >= 0.3 is 0 Å². The smallest absolute Gasteiger partial charge is 0.261 e. The predicted octanol–water partition coefficient (Wildman–Crippen LogP) is 6.48. The van der Waals surface area contributed by atoms with Crippen LogP contribution in [0, 0.1) is 0 Å². The van der Waals surface area contributed by atoms with E-state index in [1.807, 2.05) is 72.8 Å². The van der Waals surface area contributed by atoms with Gasteiger partial charge < -0.3 is 9.80 Å². The first-order valence-electron chi connectivity index (χ1n) is 17.1. The van der Waals surface area contributed by atoms with Crippen molar-refractivity contribution in [3.63, 3.8) is 0 Å². The molecule has 0 saturated heterocycles. The van der Waals surface area contributed by atoms with Gasteiger partial charge in [-0.05, 0) is 80.5 Å². The number of amides is 4. The molecule has 6 rings (SSSR count). The highest BCUT2D eigenvalue weighted by Gasteiger charge is 2.34. The highest BCUT2D eigenvalue weighted by atomic mass is 16.2. The maximum absolute atomic E-state index is 13.4. The van der Waals surface area contributed by atoms with E-state index in [4.69, 9.17) is 0 Å². The highest BCUT2D eigenvalue weighted by Crippen LogP contribution is 2.31. The zero-order chi connectivity index (χ0) is 32.9. The van der Waals surface area contributed by atoms with E-state index in [2.05, 4.69) is 23.6 Å². The summed E-state index contributed by atoms with van der Waals surface area (Å²) in [6, 6.07) is 22.5. The zero-order valence-electron chi connectivity index (χ0n) is 27.5. The van der Waals surface area contributed by atoms with Crippen molar-refractivity contribution >= 4 is 45.2 Å². The van der Waals surface area contributed by atoms with E-state index in [1.165, 1.54) is 9.80 Å². The summed E-state index contributed by atoms with van der Waals surface area (Å²) in [4.78, 5) is 61.3. The number of imide groups is 2. The van der Waals surface area contributed by atoms with Crippen molar-refractivity contribution in [2.24, 2.45) is 0 Å². The first-order chi connectivity index (χ1) is 22.9. The van der Waals surface area contributed by atoms with Crippen molar-refractivity contribution in [1.29, 1.82) is 0 Å². The maximum Gasteiger partial charge on any atom is 0.261 e. The Bertz CT molecular complexity index is 1590. The largest absolute Gasteiger partial charge is 0.302 e. The first kappa shape index (κ1) is 32.5. The second kappa shape index (κ2) is 14.6. The van der Waals surface area contributed by atoms with E-state index in [0.717, 1.165) is 79.8 Å². The van der Waals surface area contributed by atoms with Crippen molar-refractivity contribution in [2.75, 3.05) is 52.4 Å². The number of nitrogens with zero attached hydrogens (tertiary/aromatic N) is 4. The Hall–Kier alpha value is -4.40. The average molecular weight is 633 g/mol. The lowest BCUT2D eigenvalue weighted by Gasteiger charge is -2.31. The number of benzene rings is 4. The Labute approximate surface area is 276 Å². The molecule has 0 spiro atoms. The Morgan fingerprint density at radius 2 is 0.766 bits per heavy atom. The SMILES string of the molecule is CCCCN(CCCN(CCCC)CCN1C(=O)c2cccc3cccc(c23)C1=O)CCN1C(=O)c2cccc3cccc(c23)C1=O. The van der Waals surface area contributed by atoms with Crippen LogP contribution < -0.4 is 0 Å². The summed E-state index contributed by atoms with van der Waals surface area (Å²) in [6.07, 6.45) is 5.10. The molecule has 2 aliphatic rings. The highest BCUT2D eigenvalue weighted by molar-refractivity contribution is 6.26. The fourth-order valence-corrected chi connectivity index (χ4v) is 7.00. The molecule has 8 heteroatoms. The first-order valence-corrected chi connectivity index (χ1v) is 17.1. The molecule has 0 radical (unpaired) electrons. The lowest BCUT2D eigenvalue weighted by Crippen LogP contribution is -2.46. The zero-order valence-corrected chi connectivity index (χ0v) is 27.5. The molecule has 0 atom stereocenters. The van der Waals surface area contributed by atoms with E-state index < -0.39 is 0 Å². The summed E-state index contributed by atoms with van der Waals surface area (Å²) in [5.74, 6) is -0.885. The van der Waals surface area contributed by atoms with Gasteiger partial charge in [-0.2, -0.15) is 0 Å². The van der Waals surface area contributed by atoms with E-state index in [0.29, 0.717) is 48.4 Å². The maximum atomic E-state index is 13.4. The molecule has 0 unspecified atom stereocenters. The third kappa shape index (κ3) is 6.58. The summed E-state index contributed by atoms with van der Waals surface area (Å²) in [5, 5.41) is 3.33. The monoisotopic (exact) mass is 632 g/mol. The second-order valence-corrected chi connectivity index (χ2v) is 12.7. The Morgan fingerprint density at radius 3 is 1.09 bits per heavy atom. The van der Waals surface area contributed by atoms with Crippen molar-refractivity contribution in [1.82, 2.24) is 19.6 Å². The molecule has 244 valence electrons. The van der Waals surface area contributed by atoms with Crippen molar-refractivity contribution < 1.29 is 19.2 Å². The normalized spacial score (nSPS) is 14.5. The quantitative estimate of drug-likeness (QED) is 0.132. The van der Waals surface area contributed by atoms with Crippen molar-refractivity contribution in [3.8, 4) is 0 Å². The molecule has 2 aliphatic heterocycles. The summed E-state index contributed by atoms with van der Waals surface area (Å²) >= 11 is 0. The molecule has 0 bridgehead atoms. The number of carbonyl (C=O) groups excluding carboxylic acids is 4. The number of rotatable bonds is 16. The standard InChI is InChI=1S/C39H44N4O4/c1-3-5-20-40(24-26-42-36(44)30-16-7-12-28-13-8-17-31(34(28)30)37(42)45)22-11-23-41(21-6-4-2)25-27-43-38(46)32-18-9-14-29-15-10-19-33(35(29)32)39(43)47/h7-10,12-19H,3-6,11,20-27H2,1-2H3. The topological polar surface area (TPSA) is 81.2 Å². The van der Waals surface area contributed by atoms with Gasteiger partial charge in [-0.3, -0.25) is 29.0 Å². The van der Waals surface area contributed by atoms with Gasteiger partial charge in [-0.1, -0.05) is 75.2 Å². The lowest BCUT2D eigenvalue weighted by atomic mass is 9.94. The molecule has 0 saturated carbocycles. The molecule has 47 heavy (non-hydrogen) atoms. The molecule has 2 heterocycles. The Morgan fingerprint density at radius 1 is 0.447 bits per heavy atom. The molecule has 8 nitrogen and oxygen atoms in total. The van der Waals surface area contributed by atoms with Crippen molar-refractivity contribution in [2.45, 2.75) is 46.0 Å². The molecule has 0 aromatic heterocycles. The molecular weight excluding hydrogens is 588 g/mol. The predicted molar refractivity (Wildman–Crippen MR) is 186 cm³/mol. The van der Waals surface area contributed by atoms with Crippen LogP contribution in [0.5, 0.6) is 0 Å². The van der Waals surface area contributed by atoms with Gasteiger partial charge in [0.15, 0.2) is 0 Å². The van der Waals surface area contributed by atoms with Crippen LogP contribution in [0.3, 0.4) is 0 Å². The van der Waals surface area contributed by atoms with Crippen LogP contribution >= 0.6 is 0 Å². The molecule has 0 fully saturated rings. The molecular formula is C39H44N4O4. The fourth-order valence-electron chi connectivity index (χ4n) is 7.00. The van der Waals surface area contributed by atoms with Crippen LogP contribution in [-0.4, -0.2) is 95.6 Å². The fraction of sp³-hybridized carbons (Fsp3) is 0.385. The van der Waals surface area contributed by atoms with Crippen LogP contribution in [0.4, 0.5) is 0 Å². The summed E-state index contributed by atoms with van der Waals surface area (Å²) in [7, 11) is 0. The summed E-state index contributed by atoms with van der Waals surface area (Å²) in [5.41, 5.74) is 2.37. The average Bonchev–Trinajstić information content (AvgIpc) is 3.09. The summed E-state index contributed by atoms with van der Waals surface area (Å²) < 4.78 is 0. The van der Waals surface area contributed by atoms with Crippen LogP contribution in [0.2, 0.25) is 0 Å². The Kier molecular flexibility index (Phi) is 10.1. The van der Waals surface area contributed by atoms with Gasteiger partial charge in [0.25, 0.3) is 23.6 Å². The van der Waals surface area contributed by atoms with Gasteiger partial charge in [0.05, 0.1) is 0 Å². The number of hydrogen-bond donors (Lipinski definition) is 0. The minimum atomic E-state index is -0.221. The third-order valence-electron chi connectivity index (χ3n) is 9.60. The van der Waals surface area contributed by atoms with Crippen LogP contribution in [0.15, 0.2) is 72.8 Å². The molecule has 0 aliphatic carbocycles. The minimum Gasteiger partial charge on any atom is -0.302 e. The molecule has 4 aromatic carbocycles. The number of carbonyl (C=O) groups is 4.